The Labute approximate surface area is 285 Å². The summed E-state index contributed by atoms with van der Waals surface area (Å²) in [6.45, 7) is 4.13. The van der Waals surface area contributed by atoms with Gasteiger partial charge in [0.25, 0.3) is 0 Å². The molecule has 0 saturated heterocycles. The number of hydrogen-bond acceptors (Lipinski definition) is 5. The minimum absolute atomic E-state index is 0.872. The van der Waals surface area contributed by atoms with Crippen molar-refractivity contribution in [3.63, 3.8) is 0 Å². The van der Waals surface area contributed by atoms with Crippen molar-refractivity contribution in [2.45, 2.75) is 20.3 Å². The highest BCUT2D eigenvalue weighted by Crippen LogP contribution is 2.25. The van der Waals surface area contributed by atoms with E-state index in [1.54, 1.807) is 28.4 Å². The molecule has 0 saturated carbocycles. The molecule has 0 unspecified atom stereocenters. The number of methoxy groups -OCH3 is 4. The van der Waals surface area contributed by atoms with Crippen LogP contribution < -0.4 is 23.7 Å². The Bertz CT molecular complexity index is 1620. The van der Waals surface area contributed by atoms with Gasteiger partial charge in [0.1, 0.15) is 34.5 Å². The molecule has 0 radical (unpaired) electrons. The van der Waals surface area contributed by atoms with E-state index in [-0.39, 0.29) is 0 Å². The SMILES string of the molecule is COc1ccc(-c2ccc(OC)cc2)cc1.COc1ccc(Cc2ccc(OC)cc2)cc1.Cc1ccc(Oc2ccc(C)cc2)cc1. The number of ether oxygens (including phenoxy) is 5. The van der Waals surface area contributed by atoms with Crippen LogP contribution in [0, 0.1) is 13.8 Å². The van der Waals surface area contributed by atoms with E-state index in [2.05, 4.69) is 38.1 Å². The van der Waals surface area contributed by atoms with E-state index >= 15 is 0 Å². The monoisotopic (exact) mass is 640 g/mol. The number of aryl methyl sites for hydroxylation is 2. The Kier molecular flexibility index (Phi) is 13.5. The highest BCUT2D eigenvalue weighted by atomic mass is 16.5. The third kappa shape index (κ3) is 11.3. The lowest BCUT2D eigenvalue weighted by molar-refractivity contribution is 0.414. The fourth-order valence-electron chi connectivity index (χ4n) is 4.64. The summed E-state index contributed by atoms with van der Waals surface area (Å²) < 4.78 is 26.2. The molecular formula is C43H44O5. The van der Waals surface area contributed by atoms with Gasteiger partial charge in [-0.1, -0.05) is 83.9 Å². The van der Waals surface area contributed by atoms with Crippen LogP contribution in [0.4, 0.5) is 0 Å². The zero-order valence-corrected chi connectivity index (χ0v) is 28.6. The molecule has 6 aromatic carbocycles. The lowest BCUT2D eigenvalue weighted by Crippen LogP contribution is -1.89. The van der Waals surface area contributed by atoms with Crippen molar-refractivity contribution in [2.24, 2.45) is 0 Å². The number of hydrogen-bond donors (Lipinski definition) is 0. The largest absolute Gasteiger partial charge is 0.497 e. The van der Waals surface area contributed by atoms with Crippen molar-refractivity contribution in [3.8, 4) is 45.6 Å². The third-order valence-corrected chi connectivity index (χ3v) is 7.52. The first kappa shape index (κ1) is 35.2. The van der Waals surface area contributed by atoms with E-state index in [1.807, 2.05) is 121 Å². The molecule has 0 heterocycles. The van der Waals surface area contributed by atoms with Crippen molar-refractivity contribution >= 4 is 0 Å². The van der Waals surface area contributed by atoms with Gasteiger partial charge < -0.3 is 23.7 Å². The van der Waals surface area contributed by atoms with Gasteiger partial charge in [-0.3, -0.25) is 0 Å². The van der Waals surface area contributed by atoms with Crippen LogP contribution in [-0.4, -0.2) is 28.4 Å². The molecule has 6 aromatic rings. The van der Waals surface area contributed by atoms with Crippen LogP contribution >= 0.6 is 0 Å². The average Bonchev–Trinajstić information content (AvgIpc) is 3.15. The molecule has 0 aromatic heterocycles. The fraction of sp³-hybridized carbons (Fsp3) is 0.163. The summed E-state index contributed by atoms with van der Waals surface area (Å²) in [5.41, 5.74) is 7.37. The predicted molar refractivity (Wildman–Crippen MR) is 196 cm³/mol. The van der Waals surface area contributed by atoms with E-state index in [1.165, 1.54) is 33.4 Å². The average molecular weight is 641 g/mol. The third-order valence-electron chi connectivity index (χ3n) is 7.52. The van der Waals surface area contributed by atoms with Crippen molar-refractivity contribution in [1.82, 2.24) is 0 Å². The van der Waals surface area contributed by atoms with Gasteiger partial charge >= 0.3 is 0 Å². The quantitative estimate of drug-likeness (QED) is 0.157. The van der Waals surface area contributed by atoms with Gasteiger partial charge in [0.05, 0.1) is 28.4 Å². The highest BCUT2D eigenvalue weighted by Gasteiger charge is 2.00. The van der Waals surface area contributed by atoms with Gasteiger partial charge in [-0.2, -0.15) is 0 Å². The maximum Gasteiger partial charge on any atom is 0.127 e. The molecule has 5 heteroatoms. The minimum atomic E-state index is 0.872. The standard InChI is InChI=1S/C15H16O2.C14H14O2.C14H14O/c1-16-14-7-3-12(4-8-14)11-13-5-9-15(17-2)10-6-13;1-15-13-7-3-11(4-8-13)12-5-9-14(16-2)10-6-12;1-11-3-7-13(8-4-11)15-14-9-5-12(2)6-10-14/h3-10H,11H2,1-2H3;3-10H,1-2H3;3-10H,1-2H3. The van der Waals surface area contributed by atoms with E-state index in [0.29, 0.717) is 0 Å². The Morgan fingerprint density at radius 3 is 0.833 bits per heavy atom. The van der Waals surface area contributed by atoms with Gasteiger partial charge in [-0.25, -0.2) is 0 Å². The first-order valence-electron chi connectivity index (χ1n) is 15.7. The van der Waals surface area contributed by atoms with Gasteiger partial charge in [0, 0.05) is 0 Å². The molecule has 0 atom stereocenters. The van der Waals surface area contributed by atoms with Crippen molar-refractivity contribution in [2.75, 3.05) is 28.4 Å². The summed E-state index contributed by atoms with van der Waals surface area (Å²) in [7, 11) is 6.70. The molecule has 0 fully saturated rings. The Balaban J connectivity index is 0.000000163. The van der Waals surface area contributed by atoms with Crippen LogP contribution in [0.15, 0.2) is 146 Å². The summed E-state index contributed by atoms with van der Waals surface area (Å²) in [5.74, 6) is 5.29. The molecule has 246 valence electrons. The van der Waals surface area contributed by atoms with Crippen molar-refractivity contribution in [3.05, 3.63) is 168 Å². The van der Waals surface area contributed by atoms with Crippen molar-refractivity contribution < 1.29 is 23.7 Å². The second-order valence-corrected chi connectivity index (χ2v) is 11.1. The van der Waals surface area contributed by atoms with Crippen LogP contribution in [0.25, 0.3) is 11.1 Å². The second kappa shape index (κ2) is 18.5. The lowest BCUT2D eigenvalue weighted by Gasteiger charge is -2.05. The molecule has 0 aliphatic rings. The topological polar surface area (TPSA) is 46.2 Å². The number of rotatable bonds is 9. The first-order chi connectivity index (χ1) is 23.4. The molecular weight excluding hydrogens is 596 g/mol. The van der Waals surface area contributed by atoms with E-state index < -0.39 is 0 Å². The first-order valence-corrected chi connectivity index (χ1v) is 15.7. The van der Waals surface area contributed by atoms with Gasteiger partial charge in [-0.05, 0) is 115 Å². The van der Waals surface area contributed by atoms with Gasteiger partial charge in [0.2, 0.25) is 0 Å². The maximum atomic E-state index is 5.69. The molecule has 0 amide bonds. The summed E-state index contributed by atoms with van der Waals surface area (Å²) in [6, 6.07) is 48.4. The molecule has 0 spiro atoms. The Hall–Kier alpha value is -5.68. The van der Waals surface area contributed by atoms with Crippen LogP contribution in [0.5, 0.6) is 34.5 Å². The molecule has 0 aliphatic heterocycles. The highest BCUT2D eigenvalue weighted by molar-refractivity contribution is 5.64. The maximum absolute atomic E-state index is 5.69. The molecule has 6 rings (SSSR count). The second-order valence-electron chi connectivity index (χ2n) is 11.1. The van der Waals surface area contributed by atoms with Crippen molar-refractivity contribution in [1.29, 1.82) is 0 Å². The lowest BCUT2D eigenvalue weighted by atomic mass is 10.0. The van der Waals surface area contributed by atoms with Gasteiger partial charge in [0.15, 0.2) is 0 Å². The molecule has 5 nitrogen and oxygen atoms in total. The smallest absolute Gasteiger partial charge is 0.127 e. The molecule has 0 N–H and O–H groups in total. The zero-order chi connectivity index (χ0) is 34.1. The summed E-state index contributed by atoms with van der Waals surface area (Å²) in [6.07, 6.45) is 0.925. The van der Waals surface area contributed by atoms with Gasteiger partial charge in [-0.15, -0.1) is 0 Å². The zero-order valence-electron chi connectivity index (χ0n) is 28.6. The minimum Gasteiger partial charge on any atom is -0.497 e. The summed E-state index contributed by atoms with van der Waals surface area (Å²) >= 11 is 0. The molecule has 0 aliphatic carbocycles. The van der Waals surface area contributed by atoms with Crippen LogP contribution in [0.1, 0.15) is 22.3 Å². The summed E-state index contributed by atoms with van der Waals surface area (Å²) in [5, 5.41) is 0. The van der Waals surface area contributed by atoms with E-state index in [9.17, 15) is 0 Å². The van der Waals surface area contributed by atoms with E-state index in [0.717, 1.165) is 40.9 Å². The van der Waals surface area contributed by atoms with E-state index in [4.69, 9.17) is 23.7 Å². The van der Waals surface area contributed by atoms with Crippen LogP contribution in [0.2, 0.25) is 0 Å². The Morgan fingerprint density at radius 2 is 0.562 bits per heavy atom. The fourth-order valence-corrected chi connectivity index (χ4v) is 4.64. The molecule has 0 bridgehead atoms. The van der Waals surface area contributed by atoms with Crippen LogP contribution in [0.3, 0.4) is 0 Å². The predicted octanol–water partition coefficient (Wildman–Crippen LogP) is 10.8. The van der Waals surface area contributed by atoms with Crippen LogP contribution in [-0.2, 0) is 6.42 Å². The normalized spacial score (nSPS) is 9.96. The Morgan fingerprint density at radius 1 is 0.312 bits per heavy atom. The molecule has 48 heavy (non-hydrogen) atoms. The summed E-state index contributed by atoms with van der Waals surface area (Å²) in [4.78, 5) is 0. The number of benzene rings is 6.